The van der Waals surface area contributed by atoms with Crippen molar-refractivity contribution in [3.63, 3.8) is 0 Å². The third-order valence-electron chi connectivity index (χ3n) is 2.14. The number of anilines is 2. The Balaban J connectivity index is 2.30. The van der Waals surface area contributed by atoms with Gasteiger partial charge in [-0.1, -0.05) is 11.6 Å². The second-order valence-corrected chi connectivity index (χ2v) is 3.83. The van der Waals surface area contributed by atoms with Crippen LogP contribution < -0.4 is 5.32 Å². The van der Waals surface area contributed by atoms with Crippen molar-refractivity contribution in [1.82, 2.24) is 10.2 Å². The molecular weight excluding hydrogens is 248 g/mol. The maximum Gasteiger partial charge on any atom is 0.153 e. The quantitative estimate of drug-likeness (QED) is 0.893. The van der Waals surface area contributed by atoms with Gasteiger partial charge in [-0.3, -0.25) is 0 Å². The summed E-state index contributed by atoms with van der Waals surface area (Å²) in [5.74, 6) is -0.756. The maximum absolute atomic E-state index is 13.5. The maximum atomic E-state index is 13.5. The first kappa shape index (κ1) is 11.7. The molecule has 17 heavy (non-hydrogen) atoms. The Morgan fingerprint density at radius 2 is 1.88 bits per heavy atom. The van der Waals surface area contributed by atoms with E-state index in [9.17, 15) is 8.78 Å². The lowest BCUT2D eigenvalue weighted by Crippen LogP contribution is -1.99. The van der Waals surface area contributed by atoms with Gasteiger partial charge in [-0.15, -0.1) is 10.2 Å². The van der Waals surface area contributed by atoms with Gasteiger partial charge >= 0.3 is 0 Å². The predicted molar refractivity (Wildman–Crippen MR) is 61.4 cm³/mol. The van der Waals surface area contributed by atoms with Crippen LogP contribution in [0.5, 0.6) is 0 Å². The number of nitrogens with one attached hydrogen (secondary N) is 1. The van der Waals surface area contributed by atoms with Crippen molar-refractivity contribution >= 4 is 23.1 Å². The van der Waals surface area contributed by atoms with Gasteiger partial charge in [0, 0.05) is 6.07 Å². The van der Waals surface area contributed by atoms with Crippen molar-refractivity contribution in [3.05, 3.63) is 46.6 Å². The zero-order chi connectivity index (χ0) is 12.4. The van der Waals surface area contributed by atoms with Crippen LogP contribution in [-0.2, 0) is 0 Å². The van der Waals surface area contributed by atoms with Crippen LogP contribution in [0, 0.1) is 18.6 Å². The molecule has 0 aliphatic heterocycles. The van der Waals surface area contributed by atoms with Crippen LogP contribution in [0.2, 0.25) is 5.15 Å². The first-order valence-electron chi connectivity index (χ1n) is 4.78. The van der Waals surface area contributed by atoms with E-state index in [0.717, 1.165) is 12.1 Å². The fraction of sp³-hybridized carbons (Fsp3) is 0.0909. The van der Waals surface area contributed by atoms with E-state index >= 15 is 0 Å². The van der Waals surface area contributed by atoms with Gasteiger partial charge in [0.05, 0.1) is 5.69 Å². The van der Waals surface area contributed by atoms with E-state index in [1.807, 2.05) is 0 Å². The highest BCUT2D eigenvalue weighted by Gasteiger charge is 2.08. The predicted octanol–water partition coefficient (Wildman–Crippen LogP) is 3.46. The van der Waals surface area contributed by atoms with Gasteiger partial charge in [-0.05, 0) is 30.7 Å². The first-order chi connectivity index (χ1) is 8.06. The van der Waals surface area contributed by atoms with Crippen molar-refractivity contribution < 1.29 is 8.78 Å². The lowest BCUT2D eigenvalue weighted by atomic mass is 10.2. The Kier molecular flexibility index (Phi) is 3.19. The lowest BCUT2D eigenvalue weighted by Gasteiger charge is -2.07. The first-order valence-corrected chi connectivity index (χ1v) is 5.16. The van der Waals surface area contributed by atoms with Gasteiger partial charge in [-0.25, -0.2) is 8.78 Å². The standard InChI is InChI=1S/C11H8ClF2N3/c1-6-4-8(14)9(5-7(6)13)15-11-3-2-10(12)16-17-11/h2-5H,1H3,(H,15,17). The molecule has 2 aromatic rings. The summed E-state index contributed by atoms with van der Waals surface area (Å²) >= 11 is 5.56. The summed E-state index contributed by atoms with van der Waals surface area (Å²) in [6.45, 7) is 1.49. The molecule has 88 valence electrons. The SMILES string of the molecule is Cc1cc(F)c(Nc2ccc(Cl)nn2)cc1F. The van der Waals surface area contributed by atoms with E-state index < -0.39 is 11.6 Å². The van der Waals surface area contributed by atoms with Gasteiger partial charge < -0.3 is 5.32 Å². The van der Waals surface area contributed by atoms with E-state index in [-0.39, 0.29) is 22.2 Å². The zero-order valence-corrected chi connectivity index (χ0v) is 9.59. The molecular formula is C11H8ClF2N3. The Bertz CT molecular complexity index is 543. The summed E-state index contributed by atoms with van der Waals surface area (Å²) in [5, 5.41) is 10.1. The second-order valence-electron chi connectivity index (χ2n) is 3.45. The van der Waals surface area contributed by atoms with Crippen molar-refractivity contribution in [2.24, 2.45) is 0 Å². The zero-order valence-electron chi connectivity index (χ0n) is 8.84. The molecule has 0 amide bonds. The van der Waals surface area contributed by atoms with Gasteiger partial charge in [0.1, 0.15) is 11.6 Å². The van der Waals surface area contributed by atoms with Crippen LogP contribution in [0.1, 0.15) is 5.56 Å². The molecule has 1 aromatic carbocycles. The normalized spacial score (nSPS) is 10.4. The van der Waals surface area contributed by atoms with Crippen LogP contribution in [0.25, 0.3) is 0 Å². The van der Waals surface area contributed by atoms with Crippen LogP contribution in [0.15, 0.2) is 24.3 Å². The summed E-state index contributed by atoms with van der Waals surface area (Å²) < 4.78 is 26.8. The fourth-order valence-corrected chi connectivity index (χ4v) is 1.36. The van der Waals surface area contributed by atoms with Gasteiger partial charge in [0.25, 0.3) is 0 Å². The van der Waals surface area contributed by atoms with E-state index in [1.165, 1.54) is 19.1 Å². The van der Waals surface area contributed by atoms with Crippen molar-refractivity contribution in [2.45, 2.75) is 6.92 Å². The van der Waals surface area contributed by atoms with Crippen molar-refractivity contribution in [1.29, 1.82) is 0 Å². The highest BCUT2D eigenvalue weighted by molar-refractivity contribution is 6.29. The highest BCUT2D eigenvalue weighted by Crippen LogP contribution is 2.22. The molecule has 1 heterocycles. The van der Waals surface area contributed by atoms with Gasteiger partial charge in [0.15, 0.2) is 11.0 Å². The number of rotatable bonds is 2. The molecule has 1 N–H and O–H groups in total. The summed E-state index contributed by atoms with van der Waals surface area (Å²) in [6, 6.07) is 5.20. The highest BCUT2D eigenvalue weighted by atomic mass is 35.5. The van der Waals surface area contributed by atoms with E-state index in [4.69, 9.17) is 11.6 Å². The molecule has 0 aliphatic rings. The largest absolute Gasteiger partial charge is 0.336 e. The Morgan fingerprint density at radius 1 is 1.12 bits per heavy atom. The summed E-state index contributed by atoms with van der Waals surface area (Å²) in [7, 11) is 0. The number of benzene rings is 1. The van der Waals surface area contributed by atoms with Crippen LogP contribution in [-0.4, -0.2) is 10.2 Å². The molecule has 2 rings (SSSR count). The minimum absolute atomic E-state index is 0.00437. The molecule has 3 nitrogen and oxygen atoms in total. The third-order valence-corrected chi connectivity index (χ3v) is 2.34. The van der Waals surface area contributed by atoms with E-state index in [1.54, 1.807) is 0 Å². The Hall–Kier alpha value is -1.75. The average Bonchev–Trinajstić information content (AvgIpc) is 2.29. The van der Waals surface area contributed by atoms with E-state index in [2.05, 4.69) is 15.5 Å². The molecule has 6 heteroatoms. The molecule has 1 aromatic heterocycles. The molecule has 0 spiro atoms. The Morgan fingerprint density at radius 3 is 2.53 bits per heavy atom. The minimum Gasteiger partial charge on any atom is -0.336 e. The number of aryl methyl sites for hydroxylation is 1. The molecule has 0 unspecified atom stereocenters. The molecule has 0 bridgehead atoms. The number of nitrogens with zero attached hydrogens (tertiary/aromatic N) is 2. The van der Waals surface area contributed by atoms with Gasteiger partial charge in [-0.2, -0.15) is 0 Å². The second kappa shape index (κ2) is 4.63. The van der Waals surface area contributed by atoms with E-state index in [0.29, 0.717) is 0 Å². The molecule has 0 saturated carbocycles. The molecule has 0 radical (unpaired) electrons. The molecule has 0 aliphatic carbocycles. The fourth-order valence-electron chi connectivity index (χ4n) is 1.26. The smallest absolute Gasteiger partial charge is 0.153 e. The monoisotopic (exact) mass is 255 g/mol. The topological polar surface area (TPSA) is 37.8 Å². The molecule has 0 atom stereocenters. The summed E-state index contributed by atoms with van der Waals surface area (Å²) in [6.07, 6.45) is 0. The number of halogens is 3. The Labute approximate surface area is 101 Å². The van der Waals surface area contributed by atoms with Crippen molar-refractivity contribution in [3.8, 4) is 0 Å². The number of aromatic nitrogens is 2. The summed E-state index contributed by atoms with van der Waals surface area (Å²) in [5.41, 5.74) is 0.250. The molecule has 0 saturated heterocycles. The molecule has 0 fully saturated rings. The lowest BCUT2D eigenvalue weighted by molar-refractivity contribution is 0.595. The average molecular weight is 256 g/mol. The number of hydrogen-bond acceptors (Lipinski definition) is 3. The van der Waals surface area contributed by atoms with Crippen LogP contribution in [0.3, 0.4) is 0 Å². The van der Waals surface area contributed by atoms with Crippen LogP contribution >= 0.6 is 11.6 Å². The van der Waals surface area contributed by atoms with Gasteiger partial charge in [0.2, 0.25) is 0 Å². The summed E-state index contributed by atoms with van der Waals surface area (Å²) in [4.78, 5) is 0. The van der Waals surface area contributed by atoms with Crippen molar-refractivity contribution in [2.75, 3.05) is 5.32 Å². The minimum atomic E-state index is -0.555. The third kappa shape index (κ3) is 2.68. The number of hydrogen-bond donors (Lipinski definition) is 1. The van der Waals surface area contributed by atoms with Crippen LogP contribution in [0.4, 0.5) is 20.3 Å².